The summed E-state index contributed by atoms with van der Waals surface area (Å²) in [5.74, 6) is -3.75. The number of aryl methyl sites for hydroxylation is 1. The van der Waals surface area contributed by atoms with Gasteiger partial charge in [0.15, 0.2) is 11.4 Å². The Kier molecular flexibility index (Phi) is 14.0. The second-order valence-electron chi connectivity index (χ2n) is 10.5. The Morgan fingerprint density at radius 3 is 1.77 bits per heavy atom. The van der Waals surface area contributed by atoms with E-state index in [0.29, 0.717) is 11.4 Å². The molecule has 5 aromatic rings. The zero-order chi connectivity index (χ0) is 38.0. The third-order valence-electron chi connectivity index (χ3n) is 6.79. The molecule has 0 saturated carbocycles. The van der Waals surface area contributed by atoms with E-state index in [-0.39, 0.29) is 62.0 Å². The predicted octanol–water partition coefficient (Wildman–Crippen LogP) is 6.54. The molecule has 272 valence electrons. The van der Waals surface area contributed by atoms with E-state index in [4.69, 9.17) is 15.4 Å². The molecule has 5 rings (SSSR count). The van der Waals surface area contributed by atoms with Crippen molar-refractivity contribution in [1.29, 1.82) is 0 Å². The first-order valence-corrected chi connectivity index (χ1v) is 16.4. The van der Waals surface area contributed by atoms with Gasteiger partial charge in [0.2, 0.25) is 15.9 Å². The molecule has 0 aliphatic rings. The number of carbonyl (C=O) groups excluding carboxylic acids is 1. The van der Waals surface area contributed by atoms with Crippen LogP contribution in [0.3, 0.4) is 0 Å². The fraction of sp³-hybridized carbons (Fsp3) is 0.0588. The maximum absolute atomic E-state index is 12.3. The maximum atomic E-state index is 12.3. The average molecular weight is 779 g/mol. The van der Waals surface area contributed by atoms with Crippen molar-refractivity contribution in [2.24, 2.45) is 25.6 Å². The molecular weight excluding hydrogens is 748 g/mol. The number of anilines is 1. The van der Waals surface area contributed by atoms with E-state index >= 15 is 0 Å². The number of sulfonamides is 1. The number of primary sulfonamides is 1. The summed E-state index contributed by atoms with van der Waals surface area (Å²) in [6, 6.07) is 26.1. The van der Waals surface area contributed by atoms with Gasteiger partial charge in [-0.1, -0.05) is 42.5 Å². The van der Waals surface area contributed by atoms with Crippen molar-refractivity contribution in [3.8, 4) is 11.6 Å². The van der Waals surface area contributed by atoms with Crippen LogP contribution in [0.5, 0.6) is 5.88 Å². The number of benzene rings is 4. The molecule has 0 unspecified atom stereocenters. The number of carboxylic acid groups (broad SMARTS) is 2. The second-order valence-corrected chi connectivity index (χ2v) is 12.1. The summed E-state index contributed by atoms with van der Waals surface area (Å²) in [4.78, 5) is 34.6. The summed E-state index contributed by atoms with van der Waals surface area (Å²) in [6.45, 7) is 2.90. The van der Waals surface area contributed by atoms with Gasteiger partial charge >= 0.3 is 11.9 Å². The fourth-order valence-corrected chi connectivity index (χ4v) is 4.78. The minimum absolute atomic E-state index is 0. The van der Waals surface area contributed by atoms with Crippen molar-refractivity contribution in [3.63, 3.8) is 0 Å². The summed E-state index contributed by atoms with van der Waals surface area (Å²) in [5, 5.41) is 65.3. The number of carboxylic acids is 2. The Morgan fingerprint density at radius 1 is 0.755 bits per heavy atom. The van der Waals surface area contributed by atoms with Gasteiger partial charge in [-0.05, 0) is 74.5 Å². The maximum Gasteiger partial charge on any atom is 0.337 e. The SMILES string of the molecule is C/C(O)=C(/N=Nc1ccccc1C(=O)O)C(=O)Nc1ccc(S(N)(=O)=O)cc1.Cc1nn(-c2ccccc2)c(O)c1N=Nc1ccccc1C(=O)O.[Cr]. The van der Waals surface area contributed by atoms with E-state index in [1.54, 1.807) is 43.3 Å². The van der Waals surface area contributed by atoms with Gasteiger partial charge in [0.1, 0.15) is 17.1 Å². The van der Waals surface area contributed by atoms with Gasteiger partial charge < -0.3 is 25.7 Å². The van der Waals surface area contributed by atoms with Gasteiger partial charge in [0, 0.05) is 23.0 Å². The van der Waals surface area contributed by atoms with E-state index in [2.05, 4.69) is 30.9 Å². The third kappa shape index (κ3) is 10.7. The van der Waals surface area contributed by atoms with Crippen LogP contribution in [0.1, 0.15) is 33.3 Å². The number of rotatable bonds is 10. The van der Waals surface area contributed by atoms with Crippen molar-refractivity contribution >= 4 is 50.6 Å². The van der Waals surface area contributed by atoms with Crippen LogP contribution in [-0.4, -0.2) is 56.5 Å². The predicted molar refractivity (Wildman–Crippen MR) is 187 cm³/mol. The van der Waals surface area contributed by atoms with Crippen LogP contribution in [0.15, 0.2) is 140 Å². The molecule has 4 aromatic carbocycles. The van der Waals surface area contributed by atoms with Crippen molar-refractivity contribution in [2.75, 3.05) is 5.32 Å². The van der Waals surface area contributed by atoms with Gasteiger partial charge in [-0.2, -0.15) is 9.78 Å². The van der Waals surface area contributed by atoms with E-state index in [0.717, 1.165) is 0 Å². The Morgan fingerprint density at radius 2 is 1.26 bits per heavy atom. The first kappa shape index (κ1) is 40.9. The third-order valence-corrected chi connectivity index (χ3v) is 7.72. The van der Waals surface area contributed by atoms with Crippen molar-refractivity contribution < 1.29 is 60.6 Å². The van der Waals surface area contributed by atoms with Crippen LogP contribution < -0.4 is 10.5 Å². The number of nitrogens with zero attached hydrogens (tertiary/aromatic N) is 6. The number of azo groups is 2. The average Bonchev–Trinajstić information content (AvgIpc) is 3.40. The van der Waals surface area contributed by atoms with Crippen LogP contribution in [-0.2, 0) is 32.2 Å². The van der Waals surface area contributed by atoms with Crippen molar-refractivity contribution in [1.82, 2.24) is 9.78 Å². The number of aromatic nitrogens is 2. The molecule has 19 heteroatoms. The Balaban J connectivity index is 0.000000283. The molecule has 0 saturated heterocycles. The largest absolute Gasteiger partial charge is 0.510 e. The Hall–Kier alpha value is -6.52. The molecule has 0 aliphatic heterocycles. The summed E-state index contributed by atoms with van der Waals surface area (Å²) in [7, 11) is -3.87. The van der Waals surface area contributed by atoms with Crippen LogP contribution in [0, 0.1) is 6.92 Å². The smallest absolute Gasteiger partial charge is 0.337 e. The van der Waals surface area contributed by atoms with Gasteiger partial charge in [-0.25, -0.2) is 23.1 Å². The topological polar surface area (TPSA) is 272 Å². The number of hydrogen-bond acceptors (Lipinski definition) is 12. The summed E-state index contributed by atoms with van der Waals surface area (Å²) in [6.07, 6.45) is 0. The molecule has 0 radical (unpaired) electrons. The van der Waals surface area contributed by atoms with E-state index in [1.165, 1.54) is 60.1 Å². The number of aromatic carboxylic acids is 2. The molecule has 0 aliphatic carbocycles. The van der Waals surface area contributed by atoms with Gasteiger partial charge in [0.25, 0.3) is 5.91 Å². The fourth-order valence-electron chi connectivity index (χ4n) is 4.26. The molecule has 0 atom stereocenters. The molecule has 1 heterocycles. The molecule has 1 amide bonds. The molecule has 0 bridgehead atoms. The number of hydrogen-bond donors (Lipinski definition) is 6. The van der Waals surface area contributed by atoms with Crippen LogP contribution in [0.2, 0.25) is 0 Å². The minimum atomic E-state index is -3.87. The molecular formula is C34H30CrN8O9S. The van der Waals surface area contributed by atoms with Crippen molar-refractivity contribution in [2.45, 2.75) is 18.7 Å². The first-order valence-electron chi connectivity index (χ1n) is 14.8. The number of amides is 1. The number of carbonyl (C=O) groups is 3. The van der Waals surface area contributed by atoms with Crippen molar-refractivity contribution in [3.05, 3.63) is 131 Å². The molecule has 17 nitrogen and oxygen atoms in total. The summed E-state index contributed by atoms with van der Waals surface area (Å²) in [5.41, 5.74) is 1.25. The van der Waals surface area contributed by atoms with Crippen LogP contribution >= 0.6 is 0 Å². The van der Waals surface area contributed by atoms with Crippen LogP contribution in [0.25, 0.3) is 5.69 Å². The number of nitrogens with two attached hydrogens (primary N) is 1. The number of aliphatic hydroxyl groups is 1. The number of allylic oxidation sites excluding steroid dienone is 1. The summed E-state index contributed by atoms with van der Waals surface area (Å²) >= 11 is 0. The molecule has 0 fully saturated rings. The number of aliphatic hydroxyl groups excluding tert-OH is 1. The van der Waals surface area contributed by atoms with E-state index in [1.807, 2.05) is 18.2 Å². The summed E-state index contributed by atoms with van der Waals surface area (Å²) < 4.78 is 23.8. The molecule has 7 N–H and O–H groups in total. The second kappa shape index (κ2) is 18.1. The Labute approximate surface area is 312 Å². The van der Waals surface area contributed by atoms with E-state index in [9.17, 15) is 33.0 Å². The monoisotopic (exact) mass is 778 g/mol. The van der Waals surface area contributed by atoms with Gasteiger partial charge in [0.05, 0.1) is 27.4 Å². The molecule has 0 spiro atoms. The number of nitrogens with one attached hydrogen (secondary N) is 1. The zero-order valence-corrected chi connectivity index (χ0v) is 29.8. The quantitative estimate of drug-likeness (QED) is 0.0506. The molecule has 53 heavy (non-hydrogen) atoms. The van der Waals surface area contributed by atoms with E-state index < -0.39 is 39.3 Å². The minimum Gasteiger partial charge on any atom is -0.510 e. The normalized spacial score (nSPS) is 11.6. The Bertz CT molecular complexity index is 2320. The zero-order valence-electron chi connectivity index (χ0n) is 27.7. The number of aromatic hydroxyl groups is 1. The standard InChI is InChI=1S/C17H16N4O6S.C17H14N4O3.Cr/c1-10(22)15(21-20-14-5-3-2-4-13(14)17(24)25)16(23)19-11-6-8-12(9-7-11)28(18,26)27;1-11-15(16(22)21(20-11)12-7-3-2-4-8-12)19-18-14-10-6-5-9-13(14)17(23)24;/h2-9,22H,1H3,(H,19,23)(H,24,25)(H2,18,26,27);2-10,22H,1H3,(H,23,24);/b15-10-,21-20?;;. The van der Waals surface area contributed by atoms with Gasteiger partial charge in [-0.15, -0.1) is 20.5 Å². The molecule has 1 aromatic heterocycles. The van der Waals surface area contributed by atoms with Gasteiger partial charge in [-0.3, -0.25) is 4.79 Å². The van der Waals surface area contributed by atoms with Crippen LogP contribution in [0.4, 0.5) is 22.7 Å². The first-order chi connectivity index (χ1) is 24.7. The number of para-hydroxylation sites is 1.